The minimum absolute atomic E-state index is 0.0917. The van der Waals surface area contributed by atoms with Crippen molar-refractivity contribution in [3.05, 3.63) is 0 Å². The molecule has 2 unspecified atom stereocenters. The molecule has 0 N–H and O–H groups in total. The predicted molar refractivity (Wildman–Crippen MR) is 118 cm³/mol. The van der Waals surface area contributed by atoms with Gasteiger partial charge in [-0.25, -0.2) is 0 Å². The summed E-state index contributed by atoms with van der Waals surface area (Å²) in [4.78, 5) is 23.3. The van der Waals surface area contributed by atoms with Gasteiger partial charge in [0.05, 0.1) is 12.1 Å². The highest BCUT2D eigenvalue weighted by atomic mass is 32.2. The first-order chi connectivity index (χ1) is 11.6. The van der Waals surface area contributed by atoms with E-state index >= 15 is 0 Å². The number of hydrogen-bond donors (Lipinski definition) is 0. The molecule has 0 amide bonds. The monoisotopic (exact) mass is 432 g/mol. The van der Waals surface area contributed by atoms with Crippen LogP contribution in [0.4, 0.5) is 0 Å². The number of carbonyl (C=O) groups is 2. The quantitative estimate of drug-likeness (QED) is 0.547. The third-order valence-electron chi connectivity index (χ3n) is 2.93. The minimum atomic E-state index is -1.14. The molecule has 0 aliphatic carbocycles. The van der Waals surface area contributed by atoms with Crippen LogP contribution in [0, 0.1) is 22.7 Å². The molecule has 0 saturated heterocycles. The zero-order chi connectivity index (χ0) is 20.8. The summed E-state index contributed by atoms with van der Waals surface area (Å²) in [5.74, 6) is 0.408. The molecule has 0 aromatic carbocycles. The average molecular weight is 433 g/mol. The van der Waals surface area contributed by atoms with E-state index in [-0.39, 0.29) is 31.2 Å². The molecule has 0 fully saturated rings. The molecule has 0 radical (unpaired) electrons. The lowest BCUT2D eigenvalue weighted by Crippen LogP contribution is -2.55. The van der Waals surface area contributed by atoms with Crippen LogP contribution in [0.5, 0.6) is 0 Å². The van der Waals surface area contributed by atoms with Crippen LogP contribution in [0.1, 0.15) is 55.4 Å². The SMILES string of the molecule is CC(=O)SCC(C#N)(SC(C)(C)C)C(C#N)(CSC(C)=O)SC(C)(C)C. The first-order valence-electron chi connectivity index (χ1n) is 8.11. The third kappa shape index (κ3) is 8.17. The second-order valence-electron chi connectivity index (χ2n) is 7.87. The summed E-state index contributed by atoms with van der Waals surface area (Å²) in [5, 5.41) is 20.3. The zero-order valence-electron chi connectivity index (χ0n) is 16.8. The van der Waals surface area contributed by atoms with Crippen molar-refractivity contribution >= 4 is 57.3 Å². The highest BCUT2D eigenvalue weighted by Crippen LogP contribution is 2.54. The maximum atomic E-state index is 11.6. The molecular weight excluding hydrogens is 404 g/mol. The third-order valence-corrected chi connectivity index (χ3v) is 8.48. The summed E-state index contributed by atoms with van der Waals surface area (Å²) in [5.41, 5.74) is 0. The van der Waals surface area contributed by atoms with Crippen molar-refractivity contribution in [3.8, 4) is 12.1 Å². The smallest absolute Gasteiger partial charge is 0.185 e. The fourth-order valence-electron chi connectivity index (χ4n) is 2.20. The largest absolute Gasteiger partial charge is 0.288 e. The van der Waals surface area contributed by atoms with E-state index < -0.39 is 9.49 Å². The van der Waals surface area contributed by atoms with Gasteiger partial charge in [0.25, 0.3) is 0 Å². The van der Waals surface area contributed by atoms with Gasteiger partial charge in [0.2, 0.25) is 0 Å². The van der Waals surface area contributed by atoms with Gasteiger partial charge >= 0.3 is 0 Å². The van der Waals surface area contributed by atoms with Crippen molar-refractivity contribution in [1.82, 2.24) is 0 Å². The van der Waals surface area contributed by atoms with Crippen LogP contribution in [0.15, 0.2) is 0 Å². The molecule has 8 heteroatoms. The van der Waals surface area contributed by atoms with E-state index in [9.17, 15) is 20.1 Å². The van der Waals surface area contributed by atoms with Gasteiger partial charge in [0.15, 0.2) is 10.2 Å². The van der Waals surface area contributed by atoms with E-state index in [0.29, 0.717) is 0 Å². The Morgan fingerprint density at radius 3 is 1.15 bits per heavy atom. The van der Waals surface area contributed by atoms with E-state index in [1.807, 2.05) is 41.5 Å². The topological polar surface area (TPSA) is 81.7 Å². The van der Waals surface area contributed by atoms with E-state index in [4.69, 9.17) is 0 Å². The normalized spacial score (nSPS) is 16.7. The fourth-order valence-corrected chi connectivity index (χ4v) is 7.64. The summed E-state index contributed by atoms with van der Waals surface area (Å²) in [6.45, 7) is 14.9. The molecule has 0 heterocycles. The highest BCUT2D eigenvalue weighted by molar-refractivity contribution is 8.16. The number of hydrogen-bond acceptors (Lipinski definition) is 8. The maximum Gasteiger partial charge on any atom is 0.185 e. The van der Waals surface area contributed by atoms with Crippen molar-refractivity contribution < 1.29 is 9.59 Å². The van der Waals surface area contributed by atoms with Gasteiger partial charge in [-0.3, -0.25) is 9.59 Å². The number of rotatable bonds is 7. The number of nitriles is 2. The second kappa shape index (κ2) is 9.78. The fraction of sp³-hybridized carbons (Fsp3) is 0.778. The van der Waals surface area contributed by atoms with Gasteiger partial charge in [0.1, 0.15) is 9.49 Å². The standard InChI is InChI=1S/C18H28N2O2S4/c1-13(21)23-11-17(9-19,25-15(3,4)5)18(10-20,12-24-14(2)22)26-16(6,7)8/h11-12H2,1-8H3. The molecule has 0 aliphatic rings. The molecule has 0 rings (SSSR count). The van der Waals surface area contributed by atoms with Gasteiger partial charge in [-0.2, -0.15) is 10.5 Å². The molecule has 0 bridgehead atoms. The lowest BCUT2D eigenvalue weighted by atomic mass is 9.96. The van der Waals surface area contributed by atoms with Crippen LogP contribution in [-0.4, -0.2) is 40.7 Å². The second-order valence-corrected chi connectivity index (χ2v) is 14.4. The molecule has 146 valence electrons. The Morgan fingerprint density at radius 1 is 0.731 bits per heavy atom. The molecule has 0 aliphatic heterocycles. The molecule has 0 saturated carbocycles. The Kier molecular flexibility index (Phi) is 9.67. The molecular formula is C18H28N2O2S4. The molecule has 4 nitrogen and oxygen atoms in total. The first kappa shape index (κ1) is 25.7. The number of nitrogens with zero attached hydrogens (tertiary/aromatic N) is 2. The van der Waals surface area contributed by atoms with Crippen molar-refractivity contribution in [2.24, 2.45) is 0 Å². The van der Waals surface area contributed by atoms with Crippen molar-refractivity contribution in [2.45, 2.75) is 74.4 Å². The van der Waals surface area contributed by atoms with Crippen LogP contribution in [0.25, 0.3) is 0 Å². The van der Waals surface area contributed by atoms with Gasteiger partial charge in [-0.1, -0.05) is 65.1 Å². The van der Waals surface area contributed by atoms with E-state index in [2.05, 4.69) is 12.1 Å². The minimum Gasteiger partial charge on any atom is -0.288 e. The Hall–Kier alpha value is -0.280. The van der Waals surface area contributed by atoms with Crippen LogP contribution >= 0.6 is 47.0 Å². The van der Waals surface area contributed by atoms with E-state index in [1.165, 1.54) is 37.4 Å². The van der Waals surface area contributed by atoms with Crippen LogP contribution in [0.3, 0.4) is 0 Å². The summed E-state index contributed by atoms with van der Waals surface area (Å²) in [6, 6.07) is 4.78. The molecule has 0 spiro atoms. The molecule has 26 heavy (non-hydrogen) atoms. The Bertz CT molecular complexity index is 557. The average Bonchev–Trinajstić information content (AvgIpc) is 2.45. The Labute approximate surface area is 175 Å². The van der Waals surface area contributed by atoms with Crippen molar-refractivity contribution in [1.29, 1.82) is 10.5 Å². The summed E-state index contributed by atoms with van der Waals surface area (Å²) in [6.07, 6.45) is 0. The molecule has 0 aromatic rings. The van der Waals surface area contributed by atoms with Gasteiger partial charge in [-0.15, -0.1) is 23.5 Å². The van der Waals surface area contributed by atoms with Crippen LogP contribution in [0.2, 0.25) is 0 Å². The van der Waals surface area contributed by atoms with Crippen LogP contribution in [-0.2, 0) is 9.59 Å². The lowest BCUT2D eigenvalue weighted by molar-refractivity contribution is -0.109. The van der Waals surface area contributed by atoms with Gasteiger partial charge < -0.3 is 0 Å². The first-order valence-corrected chi connectivity index (χ1v) is 11.7. The zero-order valence-corrected chi connectivity index (χ0v) is 20.0. The van der Waals surface area contributed by atoms with E-state index in [0.717, 1.165) is 23.5 Å². The maximum absolute atomic E-state index is 11.6. The van der Waals surface area contributed by atoms with Gasteiger partial charge in [-0.05, 0) is 0 Å². The van der Waals surface area contributed by atoms with Crippen LogP contribution < -0.4 is 0 Å². The number of carbonyl (C=O) groups excluding carboxylic acids is 2. The summed E-state index contributed by atoms with van der Waals surface area (Å²) in [7, 11) is 0. The van der Waals surface area contributed by atoms with Crippen molar-refractivity contribution in [3.63, 3.8) is 0 Å². The highest BCUT2D eigenvalue weighted by Gasteiger charge is 2.57. The lowest BCUT2D eigenvalue weighted by Gasteiger charge is -2.45. The van der Waals surface area contributed by atoms with Gasteiger partial charge in [0, 0.05) is 34.8 Å². The Balaban J connectivity index is 6.43. The summed E-state index contributed by atoms with van der Waals surface area (Å²) < 4.78 is -2.88. The van der Waals surface area contributed by atoms with Crippen molar-refractivity contribution in [2.75, 3.05) is 11.5 Å². The molecule has 0 aromatic heterocycles. The summed E-state index contributed by atoms with van der Waals surface area (Å²) >= 11 is 4.96. The number of thioether (sulfide) groups is 4. The van der Waals surface area contributed by atoms with E-state index in [1.54, 1.807) is 0 Å². The molecule has 2 atom stereocenters. The Morgan fingerprint density at radius 2 is 1.00 bits per heavy atom. The predicted octanol–water partition coefficient (Wildman–Crippen LogP) is 5.13.